The molecule has 1 aliphatic carbocycles. The largest absolute Gasteiger partial charge is 0.460 e. The molecule has 3 rings (SSSR count). The van der Waals surface area contributed by atoms with Crippen LogP contribution in [-0.4, -0.2) is 35.8 Å². The van der Waals surface area contributed by atoms with E-state index in [1.807, 2.05) is 6.07 Å². The highest BCUT2D eigenvalue weighted by molar-refractivity contribution is 5.89. The van der Waals surface area contributed by atoms with Crippen molar-refractivity contribution < 1.29 is 27.4 Å². The monoisotopic (exact) mass is 396 g/mol. The molecule has 0 radical (unpaired) electrons. The first-order chi connectivity index (χ1) is 13.3. The van der Waals surface area contributed by atoms with E-state index in [2.05, 4.69) is 4.98 Å². The van der Waals surface area contributed by atoms with Gasteiger partial charge in [-0.05, 0) is 25.3 Å². The number of esters is 1. The zero-order chi connectivity index (χ0) is 20.4. The van der Waals surface area contributed by atoms with Gasteiger partial charge in [-0.15, -0.1) is 0 Å². The van der Waals surface area contributed by atoms with Crippen molar-refractivity contribution in [2.75, 3.05) is 20.3 Å². The molecule has 1 saturated carbocycles. The number of methoxy groups -OCH3 is 1. The molecule has 1 aromatic heterocycles. The van der Waals surface area contributed by atoms with Gasteiger partial charge in [0.15, 0.2) is 11.4 Å². The highest BCUT2D eigenvalue weighted by Gasteiger charge is 2.43. The standard InChI is InChI=1S/C20H23F3N2O3/c1-14(15-7-4-3-5-8-15)25-13-24-17(20(21,22)23)16(25)18(26)28-12-19(11-27-2)9-6-10-19/h3-5,7-8,13-14H,6,9-12H2,1-2H3/t14-/m1/s1. The summed E-state index contributed by atoms with van der Waals surface area (Å²) in [6.07, 6.45) is -1.08. The maximum absolute atomic E-state index is 13.5. The first kappa shape index (κ1) is 20.4. The first-order valence-corrected chi connectivity index (χ1v) is 9.12. The maximum Gasteiger partial charge on any atom is 0.435 e. The van der Waals surface area contributed by atoms with Crippen molar-refractivity contribution in [2.24, 2.45) is 5.41 Å². The summed E-state index contributed by atoms with van der Waals surface area (Å²) in [5.74, 6) is -1.02. The van der Waals surface area contributed by atoms with E-state index in [-0.39, 0.29) is 12.0 Å². The van der Waals surface area contributed by atoms with Gasteiger partial charge >= 0.3 is 12.1 Å². The lowest BCUT2D eigenvalue weighted by molar-refractivity contribution is -0.141. The zero-order valence-corrected chi connectivity index (χ0v) is 15.8. The minimum absolute atomic E-state index is 0.0296. The van der Waals surface area contributed by atoms with Gasteiger partial charge in [-0.3, -0.25) is 0 Å². The summed E-state index contributed by atoms with van der Waals surface area (Å²) >= 11 is 0. The molecule has 1 aromatic carbocycles. The van der Waals surface area contributed by atoms with Crippen LogP contribution >= 0.6 is 0 Å². The molecule has 1 atom stereocenters. The number of halogens is 3. The summed E-state index contributed by atoms with van der Waals surface area (Å²) < 4.78 is 52.1. The number of alkyl halides is 3. The summed E-state index contributed by atoms with van der Waals surface area (Å²) in [7, 11) is 1.56. The predicted octanol–water partition coefficient (Wildman–Crippen LogP) is 4.48. The quantitative estimate of drug-likeness (QED) is 0.648. The molecular formula is C20H23F3N2O3. The second kappa shape index (κ2) is 7.95. The number of rotatable bonds is 7. The van der Waals surface area contributed by atoms with Crippen LogP contribution in [0.15, 0.2) is 36.7 Å². The number of carbonyl (C=O) groups is 1. The second-order valence-corrected chi connectivity index (χ2v) is 7.30. The Kier molecular flexibility index (Phi) is 5.79. The normalized spacial score (nSPS) is 17.0. The topological polar surface area (TPSA) is 53.4 Å². The molecule has 0 saturated heterocycles. The second-order valence-electron chi connectivity index (χ2n) is 7.30. The van der Waals surface area contributed by atoms with E-state index in [9.17, 15) is 18.0 Å². The van der Waals surface area contributed by atoms with Crippen LogP contribution in [0.3, 0.4) is 0 Å². The molecule has 28 heavy (non-hydrogen) atoms. The van der Waals surface area contributed by atoms with Crippen molar-refractivity contribution >= 4 is 5.97 Å². The number of imidazole rings is 1. The van der Waals surface area contributed by atoms with Crippen LogP contribution in [0.1, 0.15) is 54.0 Å². The average Bonchev–Trinajstić information content (AvgIpc) is 3.09. The van der Waals surface area contributed by atoms with Crippen LogP contribution in [0, 0.1) is 5.41 Å². The highest BCUT2D eigenvalue weighted by Crippen LogP contribution is 2.42. The maximum atomic E-state index is 13.5. The zero-order valence-electron chi connectivity index (χ0n) is 15.8. The van der Waals surface area contributed by atoms with Crippen molar-refractivity contribution in [2.45, 2.75) is 38.4 Å². The molecule has 0 spiro atoms. The Morgan fingerprint density at radius 3 is 2.46 bits per heavy atom. The van der Waals surface area contributed by atoms with Crippen LogP contribution < -0.4 is 0 Å². The van der Waals surface area contributed by atoms with Crippen LogP contribution in [0.4, 0.5) is 13.2 Å². The number of hydrogen-bond donors (Lipinski definition) is 0. The fraction of sp³-hybridized carbons (Fsp3) is 0.500. The molecule has 0 N–H and O–H groups in total. The van der Waals surface area contributed by atoms with E-state index < -0.39 is 29.6 Å². The van der Waals surface area contributed by atoms with Crippen LogP contribution in [0.5, 0.6) is 0 Å². The molecule has 0 aliphatic heterocycles. The Labute approximate surface area is 161 Å². The summed E-state index contributed by atoms with van der Waals surface area (Å²) in [6, 6.07) is 8.45. The predicted molar refractivity (Wildman–Crippen MR) is 95.9 cm³/mol. The van der Waals surface area contributed by atoms with Gasteiger partial charge in [0.1, 0.15) is 0 Å². The summed E-state index contributed by atoms with van der Waals surface area (Å²) in [5.41, 5.74) is -1.35. The van der Waals surface area contributed by atoms with E-state index in [4.69, 9.17) is 9.47 Å². The van der Waals surface area contributed by atoms with Crippen molar-refractivity contribution in [1.82, 2.24) is 9.55 Å². The van der Waals surface area contributed by atoms with Crippen molar-refractivity contribution in [1.29, 1.82) is 0 Å². The number of aromatic nitrogens is 2. The summed E-state index contributed by atoms with van der Waals surface area (Å²) in [6.45, 7) is 2.15. The average molecular weight is 396 g/mol. The number of carbonyl (C=O) groups excluding carboxylic acids is 1. The Balaban J connectivity index is 1.89. The lowest BCUT2D eigenvalue weighted by atomic mass is 9.70. The minimum Gasteiger partial charge on any atom is -0.460 e. The molecule has 1 aliphatic rings. The van der Waals surface area contributed by atoms with Gasteiger partial charge in [0.2, 0.25) is 0 Å². The SMILES string of the molecule is COCC1(COC(=O)c2c(C(F)(F)F)ncn2[C@H](C)c2ccccc2)CCC1. The molecule has 8 heteroatoms. The fourth-order valence-electron chi connectivity index (χ4n) is 3.56. The molecule has 5 nitrogen and oxygen atoms in total. The third-order valence-electron chi connectivity index (χ3n) is 5.33. The van der Waals surface area contributed by atoms with Crippen LogP contribution in [0.25, 0.3) is 0 Å². The van der Waals surface area contributed by atoms with Gasteiger partial charge in [0.25, 0.3) is 0 Å². The molecular weight excluding hydrogens is 373 g/mol. The van der Waals surface area contributed by atoms with Gasteiger partial charge in [-0.25, -0.2) is 9.78 Å². The summed E-state index contributed by atoms with van der Waals surface area (Å²) in [5, 5.41) is 0. The number of nitrogens with zero attached hydrogens (tertiary/aromatic N) is 2. The van der Waals surface area contributed by atoms with Crippen LogP contribution in [0.2, 0.25) is 0 Å². The third-order valence-corrected chi connectivity index (χ3v) is 5.33. The van der Waals surface area contributed by atoms with E-state index in [0.717, 1.165) is 31.2 Å². The van der Waals surface area contributed by atoms with Crippen molar-refractivity contribution in [3.8, 4) is 0 Å². The van der Waals surface area contributed by atoms with E-state index >= 15 is 0 Å². The molecule has 0 amide bonds. The molecule has 0 bridgehead atoms. The summed E-state index contributed by atoms with van der Waals surface area (Å²) in [4.78, 5) is 16.2. The molecule has 0 unspecified atom stereocenters. The Bertz CT molecular complexity index is 814. The van der Waals surface area contributed by atoms with E-state index in [0.29, 0.717) is 6.61 Å². The van der Waals surface area contributed by atoms with Crippen molar-refractivity contribution in [3.63, 3.8) is 0 Å². The molecule has 1 fully saturated rings. The van der Waals surface area contributed by atoms with Crippen molar-refractivity contribution in [3.05, 3.63) is 53.6 Å². The Hall–Kier alpha value is -2.35. The highest BCUT2D eigenvalue weighted by atomic mass is 19.4. The van der Waals surface area contributed by atoms with E-state index in [1.165, 1.54) is 4.57 Å². The Morgan fingerprint density at radius 1 is 1.25 bits per heavy atom. The van der Waals surface area contributed by atoms with Gasteiger partial charge in [0.05, 0.1) is 25.6 Å². The van der Waals surface area contributed by atoms with Gasteiger partial charge < -0.3 is 14.0 Å². The lowest BCUT2D eigenvalue weighted by Crippen LogP contribution is -2.39. The number of ether oxygens (including phenoxy) is 2. The smallest absolute Gasteiger partial charge is 0.435 e. The van der Waals surface area contributed by atoms with Crippen LogP contribution in [-0.2, 0) is 15.7 Å². The first-order valence-electron chi connectivity index (χ1n) is 9.12. The fourth-order valence-corrected chi connectivity index (χ4v) is 3.56. The molecule has 152 valence electrons. The van der Waals surface area contributed by atoms with Gasteiger partial charge in [-0.2, -0.15) is 13.2 Å². The van der Waals surface area contributed by atoms with Gasteiger partial charge in [-0.1, -0.05) is 36.8 Å². The van der Waals surface area contributed by atoms with E-state index in [1.54, 1.807) is 38.3 Å². The van der Waals surface area contributed by atoms with Gasteiger partial charge in [0, 0.05) is 12.5 Å². The third kappa shape index (κ3) is 4.06. The number of hydrogen-bond acceptors (Lipinski definition) is 4. The Morgan fingerprint density at radius 2 is 1.93 bits per heavy atom. The molecule has 1 heterocycles. The number of benzene rings is 1. The minimum atomic E-state index is -4.75. The lowest BCUT2D eigenvalue weighted by Gasteiger charge is -2.40. The molecule has 2 aromatic rings.